The van der Waals surface area contributed by atoms with Crippen molar-refractivity contribution in [2.24, 2.45) is 5.92 Å². The highest BCUT2D eigenvalue weighted by Crippen LogP contribution is 2.32. The maximum Gasteiger partial charge on any atom is 0.274 e. The molecule has 1 aromatic rings. The lowest BCUT2D eigenvalue weighted by atomic mass is 10.0. The average Bonchev–Trinajstić information content (AvgIpc) is 3.10. The predicted octanol–water partition coefficient (Wildman–Crippen LogP) is 0.203. The SMILES string of the molecule is Cc1cnc(C(=O)N2C[C@@H](OCCN(C)C)[C@@H]3COC[C@@H]32)cn1. The Morgan fingerprint density at radius 3 is 2.91 bits per heavy atom. The number of hydrogen-bond donors (Lipinski definition) is 0. The zero-order chi connectivity index (χ0) is 16.4. The summed E-state index contributed by atoms with van der Waals surface area (Å²) in [6.07, 6.45) is 3.20. The fraction of sp³-hybridized carbons (Fsp3) is 0.688. The van der Waals surface area contributed by atoms with Crippen LogP contribution < -0.4 is 0 Å². The van der Waals surface area contributed by atoms with Crippen LogP contribution in [-0.2, 0) is 9.47 Å². The van der Waals surface area contributed by atoms with Crippen LogP contribution >= 0.6 is 0 Å². The van der Waals surface area contributed by atoms with E-state index in [1.165, 1.54) is 0 Å². The third-order valence-electron chi connectivity index (χ3n) is 4.48. The van der Waals surface area contributed by atoms with Crippen molar-refractivity contribution >= 4 is 5.91 Å². The molecule has 2 aliphatic rings. The minimum atomic E-state index is -0.0864. The van der Waals surface area contributed by atoms with Gasteiger partial charge in [0.25, 0.3) is 5.91 Å². The van der Waals surface area contributed by atoms with Crippen molar-refractivity contribution in [2.45, 2.75) is 19.1 Å². The van der Waals surface area contributed by atoms with Crippen LogP contribution in [0.4, 0.5) is 0 Å². The molecular formula is C16H24N4O3. The van der Waals surface area contributed by atoms with E-state index in [-0.39, 0.29) is 24.0 Å². The molecule has 2 aliphatic heterocycles. The van der Waals surface area contributed by atoms with Gasteiger partial charge in [-0.1, -0.05) is 0 Å². The lowest BCUT2D eigenvalue weighted by Crippen LogP contribution is -2.38. The number of hydrogen-bond acceptors (Lipinski definition) is 6. The van der Waals surface area contributed by atoms with Crippen LogP contribution in [0.3, 0.4) is 0 Å². The first-order chi connectivity index (χ1) is 11.1. The van der Waals surface area contributed by atoms with Gasteiger partial charge >= 0.3 is 0 Å². The van der Waals surface area contributed by atoms with Crippen LogP contribution in [0, 0.1) is 12.8 Å². The van der Waals surface area contributed by atoms with Crippen LogP contribution in [-0.4, -0.2) is 84.8 Å². The van der Waals surface area contributed by atoms with Gasteiger partial charge in [0, 0.05) is 25.2 Å². The number of rotatable bonds is 5. The highest BCUT2D eigenvalue weighted by atomic mass is 16.5. The maximum atomic E-state index is 12.7. The molecule has 126 valence electrons. The third kappa shape index (κ3) is 3.52. The van der Waals surface area contributed by atoms with Gasteiger partial charge in [0.2, 0.25) is 0 Å². The van der Waals surface area contributed by atoms with E-state index in [1.54, 1.807) is 12.4 Å². The van der Waals surface area contributed by atoms with E-state index >= 15 is 0 Å². The lowest BCUT2D eigenvalue weighted by Gasteiger charge is -2.21. The molecule has 2 fully saturated rings. The van der Waals surface area contributed by atoms with Crippen molar-refractivity contribution in [3.8, 4) is 0 Å². The fourth-order valence-electron chi connectivity index (χ4n) is 3.15. The largest absolute Gasteiger partial charge is 0.379 e. The minimum absolute atomic E-state index is 0.0322. The molecule has 0 saturated carbocycles. The Bertz CT molecular complexity index is 549. The van der Waals surface area contributed by atoms with Gasteiger partial charge in [0.05, 0.1) is 43.9 Å². The molecule has 0 bridgehead atoms. The Hall–Kier alpha value is -1.57. The Balaban J connectivity index is 1.67. The first-order valence-electron chi connectivity index (χ1n) is 8.00. The normalized spacial score (nSPS) is 26.8. The number of likely N-dealkylation sites (N-methyl/N-ethyl adjacent to an activating group) is 1. The molecule has 1 aromatic heterocycles. The molecule has 3 atom stereocenters. The number of carbonyl (C=O) groups excluding carboxylic acids is 1. The van der Waals surface area contributed by atoms with Gasteiger partial charge in [-0.15, -0.1) is 0 Å². The number of ether oxygens (including phenoxy) is 2. The smallest absolute Gasteiger partial charge is 0.274 e. The van der Waals surface area contributed by atoms with E-state index in [4.69, 9.17) is 9.47 Å². The van der Waals surface area contributed by atoms with Gasteiger partial charge in [0.1, 0.15) is 5.69 Å². The molecular weight excluding hydrogens is 296 g/mol. The highest BCUT2D eigenvalue weighted by molar-refractivity contribution is 5.92. The monoisotopic (exact) mass is 320 g/mol. The summed E-state index contributed by atoms with van der Waals surface area (Å²) >= 11 is 0. The number of nitrogens with zero attached hydrogens (tertiary/aromatic N) is 4. The molecule has 1 amide bonds. The summed E-state index contributed by atoms with van der Waals surface area (Å²) in [6.45, 7) is 5.20. The molecule has 0 aromatic carbocycles. The van der Waals surface area contributed by atoms with Crippen molar-refractivity contribution in [3.63, 3.8) is 0 Å². The Morgan fingerprint density at radius 1 is 1.39 bits per heavy atom. The molecule has 0 N–H and O–H groups in total. The van der Waals surface area contributed by atoms with Crippen LogP contribution in [0.1, 0.15) is 16.2 Å². The first kappa shape index (κ1) is 16.3. The predicted molar refractivity (Wildman–Crippen MR) is 84.2 cm³/mol. The molecule has 0 radical (unpaired) electrons. The van der Waals surface area contributed by atoms with E-state index in [0.29, 0.717) is 32.1 Å². The van der Waals surface area contributed by atoms with Crippen LogP contribution in [0.2, 0.25) is 0 Å². The number of likely N-dealkylation sites (tertiary alicyclic amines) is 1. The highest BCUT2D eigenvalue weighted by Gasteiger charge is 2.48. The number of carbonyl (C=O) groups is 1. The molecule has 3 heterocycles. The van der Waals surface area contributed by atoms with E-state index in [9.17, 15) is 4.79 Å². The lowest BCUT2D eigenvalue weighted by molar-refractivity contribution is 0.0135. The fourth-order valence-corrected chi connectivity index (χ4v) is 3.15. The van der Waals surface area contributed by atoms with Gasteiger partial charge in [-0.2, -0.15) is 0 Å². The Labute approximate surface area is 136 Å². The number of amides is 1. The Morgan fingerprint density at radius 2 is 2.22 bits per heavy atom. The van der Waals surface area contributed by atoms with Crippen molar-refractivity contribution in [1.29, 1.82) is 0 Å². The number of aryl methyl sites for hydroxylation is 1. The van der Waals surface area contributed by atoms with Crippen LogP contribution in [0.25, 0.3) is 0 Å². The van der Waals surface area contributed by atoms with E-state index < -0.39 is 0 Å². The first-order valence-corrected chi connectivity index (χ1v) is 8.00. The van der Waals surface area contributed by atoms with Crippen molar-refractivity contribution in [3.05, 3.63) is 23.8 Å². The summed E-state index contributed by atoms with van der Waals surface area (Å²) in [6, 6.07) is 0.0787. The topological polar surface area (TPSA) is 67.8 Å². The molecule has 23 heavy (non-hydrogen) atoms. The quantitative estimate of drug-likeness (QED) is 0.772. The van der Waals surface area contributed by atoms with Crippen LogP contribution in [0.5, 0.6) is 0 Å². The van der Waals surface area contributed by atoms with Crippen LogP contribution in [0.15, 0.2) is 12.4 Å². The molecule has 0 spiro atoms. The zero-order valence-corrected chi connectivity index (χ0v) is 13.9. The third-order valence-corrected chi connectivity index (χ3v) is 4.48. The standard InChI is InChI=1S/C16H24N4O3/c1-11-6-18-13(7-17-11)16(21)20-8-15(23-5-4-19(2)3)12-9-22-10-14(12)20/h6-7,12,14-15H,4-5,8-10H2,1-3H3/t12-,14+,15-/m1/s1. The molecule has 7 nitrogen and oxygen atoms in total. The second kappa shape index (κ2) is 6.90. The molecule has 0 aliphatic carbocycles. The number of fused-ring (bicyclic) bond motifs is 1. The molecule has 3 rings (SSSR count). The Kier molecular flexibility index (Phi) is 4.89. The molecule has 2 saturated heterocycles. The summed E-state index contributed by atoms with van der Waals surface area (Å²) in [4.78, 5) is 25.0. The van der Waals surface area contributed by atoms with Crippen molar-refractivity contribution in [1.82, 2.24) is 19.8 Å². The molecule has 7 heteroatoms. The van der Waals surface area contributed by atoms with Crippen molar-refractivity contribution in [2.75, 3.05) is 47.0 Å². The van der Waals surface area contributed by atoms with E-state index in [2.05, 4.69) is 14.9 Å². The van der Waals surface area contributed by atoms with Gasteiger partial charge in [-0.3, -0.25) is 9.78 Å². The summed E-state index contributed by atoms with van der Waals surface area (Å²) in [7, 11) is 4.04. The summed E-state index contributed by atoms with van der Waals surface area (Å²) in [5.41, 5.74) is 1.19. The zero-order valence-electron chi connectivity index (χ0n) is 13.9. The van der Waals surface area contributed by atoms with E-state index in [0.717, 1.165) is 12.2 Å². The van der Waals surface area contributed by atoms with Gasteiger partial charge < -0.3 is 19.3 Å². The maximum absolute atomic E-state index is 12.7. The minimum Gasteiger partial charge on any atom is -0.379 e. The van der Waals surface area contributed by atoms with E-state index in [1.807, 2.05) is 25.9 Å². The second-order valence-electron chi connectivity index (χ2n) is 6.48. The second-order valence-corrected chi connectivity index (χ2v) is 6.48. The van der Waals surface area contributed by atoms with Gasteiger partial charge in [-0.05, 0) is 21.0 Å². The summed E-state index contributed by atoms with van der Waals surface area (Å²) in [5.74, 6) is 0.163. The molecule has 0 unspecified atom stereocenters. The van der Waals surface area contributed by atoms with Crippen molar-refractivity contribution < 1.29 is 14.3 Å². The average molecular weight is 320 g/mol. The van der Waals surface area contributed by atoms with Gasteiger partial charge in [0.15, 0.2) is 0 Å². The summed E-state index contributed by atoms with van der Waals surface area (Å²) < 4.78 is 11.6. The number of aromatic nitrogens is 2. The summed E-state index contributed by atoms with van der Waals surface area (Å²) in [5, 5.41) is 0. The van der Waals surface area contributed by atoms with Gasteiger partial charge in [-0.25, -0.2) is 4.98 Å².